The molecule has 0 aliphatic rings. The van der Waals surface area contributed by atoms with Crippen molar-refractivity contribution in [3.05, 3.63) is 35.9 Å². The predicted octanol–water partition coefficient (Wildman–Crippen LogP) is 2.16. The standard InChI is InChI=1S/C11H14N2O2/c1-3-15-11(14)13-12-9(2)10-7-5-4-6-8-10/h4-8H,3H2,1-2H3,(H,13,14)/b12-9-. The smallest absolute Gasteiger partial charge is 0.427 e. The molecule has 0 heterocycles. The summed E-state index contributed by atoms with van der Waals surface area (Å²) >= 11 is 0. The van der Waals surface area contributed by atoms with E-state index in [9.17, 15) is 4.79 Å². The third-order valence-corrected chi connectivity index (χ3v) is 1.78. The summed E-state index contributed by atoms with van der Waals surface area (Å²) in [6, 6.07) is 9.60. The van der Waals surface area contributed by atoms with Crippen LogP contribution in [0.2, 0.25) is 0 Å². The lowest BCUT2D eigenvalue weighted by atomic mass is 10.1. The molecule has 1 rings (SSSR count). The van der Waals surface area contributed by atoms with Crippen LogP contribution in [0.1, 0.15) is 19.4 Å². The molecular weight excluding hydrogens is 192 g/mol. The van der Waals surface area contributed by atoms with Gasteiger partial charge in [0.05, 0.1) is 12.3 Å². The number of hydrogen-bond donors (Lipinski definition) is 1. The number of nitrogens with zero attached hydrogens (tertiary/aromatic N) is 1. The van der Waals surface area contributed by atoms with Crippen molar-refractivity contribution >= 4 is 11.8 Å². The van der Waals surface area contributed by atoms with Crippen molar-refractivity contribution in [3.8, 4) is 0 Å². The number of carbonyl (C=O) groups excluding carboxylic acids is 1. The lowest BCUT2D eigenvalue weighted by Crippen LogP contribution is -2.20. The average molecular weight is 206 g/mol. The number of ether oxygens (including phenoxy) is 1. The highest BCUT2D eigenvalue weighted by Crippen LogP contribution is 1.99. The number of amides is 1. The molecule has 4 nitrogen and oxygen atoms in total. The molecule has 15 heavy (non-hydrogen) atoms. The van der Waals surface area contributed by atoms with Gasteiger partial charge in [-0.15, -0.1) is 0 Å². The van der Waals surface area contributed by atoms with Crippen LogP contribution in [0, 0.1) is 0 Å². The third-order valence-electron chi connectivity index (χ3n) is 1.78. The van der Waals surface area contributed by atoms with Crippen LogP contribution in [0.25, 0.3) is 0 Å². The molecule has 0 atom stereocenters. The molecule has 1 aromatic carbocycles. The number of hydrazone groups is 1. The van der Waals surface area contributed by atoms with E-state index in [0.717, 1.165) is 11.3 Å². The number of nitrogens with one attached hydrogen (secondary N) is 1. The molecule has 1 N–H and O–H groups in total. The molecule has 0 saturated heterocycles. The molecule has 0 aliphatic carbocycles. The van der Waals surface area contributed by atoms with Gasteiger partial charge in [0.2, 0.25) is 0 Å². The van der Waals surface area contributed by atoms with Gasteiger partial charge in [-0.3, -0.25) is 0 Å². The van der Waals surface area contributed by atoms with Crippen LogP contribution in [-0.4, -0.2) is 18.4 Å². The predicted molar refractivity (Wildman–Crippen MR) is 58.8 cm³/mol. The molecule has 4 heteroatoms. The lowest BCUT2D eigenvalue weighted by molar-refractivity contribution is 0.152. The van der Waals surface area contributed by atoms with Gasteiger partial charge in [0, 0.05) is 0 Å². The summed E-state index contributed by atoms with van der Waals surface area (Å²) in [7, 11) is 0. The fourth-order valence-corrected chi connectivity index (χ4v) is 1.04. The maximum atomic E-state index is 10.9. The summed E-state index contributed by atoms with van der Waals surface area (Å²) in [5.41, 5.74) is 4.02. The van der Waals surface area contributed by atoms with Gasteiger partial charge in [-0.1, -0.05) is 30.3 Å². The Hall–Kier alpha value is -1.84. The van der Waals surface area contributed by atoms with Crippen LogP contribution in [0.4, 0.5) is 4.79 Å². The molecule has 0 aromatic heterocycles. The fraction of sp³-hybridized carbons (Fsp3) is 0.273. The summed E-state index contributed by atoms with van der Waals surface area (Å²) in [5, 5.41) is 3.91. The van der Waals surface area contributed by atoms with Gasteiger partial charge in [-0.05, 0) is 19.4 Å². The second-order valence-corrected chi connectivity index (χ2v) is 2.90. The summed E-state index contributed by atoms with van der Waals surface area (Å²) in [6.07, 6.45) is -0.534. The first-order chi connectivity index (χ1) is 7.24. The van der Waals surface area contributed by atoms with Gasteiger partial charge in [0.1, 0.15) is 0 Å². The van der Waals surface area contributed by atoms with E-state index in [1.165, 1.54) is 0 Å². The van der Waals surface area contributed by atoms with Crippen molar-refractivity contribution in [2.24, 2.45) is 5.10 Å². The van der Waals surface area contributed by atoms with Crippen molar-refractivity contribution in [1.29, 1.82) is 0 Å². The first-order valence-electron chi connectivity index (χ1n) is 4.76. The quantitative estimate of drug-likeness (QED) is 0.608. The van der Waals surface area contributed by atoms with Crippen LogP contribution >= 0.6 is 0 Å². The topological polar surface area (TPSA) is 50.7 Å². The fourth-order valence-electron chi connectivity index (χ4n) is 1.04. The summed E-state index contributed by atoms with van der Waals surface area (Å²) < 4.78 is 4.67. The molecule has 1 amide bonds. The van der Waals surface area contributed by atoms with Crippen molar-refractivity contribution in [1.82, 2.24) is 5.43 Å². The summed E-state index contributed by atoms with van der Waals surface area (Å²) in [4.78, 5) is 10.9. The Morgan fingerprint density at radius 2 is 2.07 bits per heavy atom. The van der Waals surface area contributed by atoms with Crippen molar-refractivity contribution in [3.63, 3.8) is 0 Å². The van der Waals surface area contributed by atoms with E-state index >= 15 is 0 Å². The highest BCUT2D eigenvalue weighted by Gasteiger charge is 1.99. The van der Waals surface area contributed by atoms with Gasteiger partial charge in [-0.25, -0.2) is 10.2 Å². The zero-order valence-electron chi connectivity index (χ0n) is 8.86. The number of benzene rings is 1. The van der Waals surface area contributed by atoms with E-state index in [1.54, 1.807) is 6.92 Å². The molecule has 0 radical (unpaired) electrons. The SMILES string of the molecule is CCOC(=O)N/N=C(/C)c1ccccc1. The van der Waals surface area contributed by atoms with Gasteiger partial charge >= 0.3 is 6.09 Å². The normalized spacial score (nSPS) is 10.9. The molecule has 0 fully saturated rings. The molecular formula is C11H14N2O2. The average Bonchev–Trinajstić information content (AvgIpc) is 2.27. The minimum Gasteiger partial charge on any atom is -0.449 e. The van der Waals surface area contributed by atoms with Gasteiger partial charge < -0.3 is 4.74 Å². The molecule has 80 valence electrons. The first kappa shape index (κ1) is 11.2. The van der Waals surface area contributed by atoms with Gasteiger partial charge in [0.15, 0.2) is 0 Å². The van der Waals surface area contributed by atoms with E-state index in [4.69, 9.17) is 0 Å². The molecule has 0 saturated carbocycles. The molecule has 1 aromatic rings. The molecule has 0 unspecified atom stereocenters. The summed E-state index contributed by atoms with van der Waals surface area (Å²) in [5.74, 6) is 0. The number of hydrogen-bond acceptors (Lipinski definition) is 3. The lowest BCUT2D eigenvalue weighted by Gasteiger charge is -2.02. The van der Waals surface area contributed by atoms with E-state index in [1.807, 2.05) is 37.3 Å². The van der Waals surface area contributed by atoms with Crippen LogP contribution in [-0.2, 0) is 4.74 Å². The van der Waals surface area contributed by atoms with Gasteiger partial charge in [-0.2, -0.15) is 5.10 Å². The highest BCUT2D eigenvalue weighted by molar-refractivity contribution is 5.98. The van der Waals surface area contributed by atoms with E-state index in [2.05, 4.69) is 15.3 Å². The van der Waals surface area contributed by atoms with E-state index < -0.39 is 6.09 Å². The Balaban J connectivity index is 2.57. The largest absolute Gasteiger partial charge is 0.449 e. The Morgan fingerprint density at radius 1 is 1.40 bits per heavy atom. The molecule has 0 aliphatic heterocycles. The van der Waals surface area contributed by atoms with E-state index in [-0.39, 0.29) is 0 Å². The zero-order chi connectivity index (χ0) is 11.1. The Labute approximate surface area is 88.9 Å². The summed E-state index contributed by atoms with van der Waals surface area (Å²) in [6.45, 7) is 3.90. The Morgan fingerprint density at radius 3 is 2.67 bits per heavy atom. The number of carbonyl (C=O) groups is 1. The van der Waals surface area contributed by atoms with Crippen LogP contribution in [0.5, 0.6) is 0 Å². The monoisotopic (exact) mass is 206 g/mol. The van der Waals surface area contributed by atoms with Gasteiger partial charge in [0.25, 0.3) is 0 Å². The Kier molecular flexibility index (Phi) is 4.34. The second kappa shape index (κ2) is 5.80. The van der Waals surface area contributed by atoms with Crippen LogP contribution in [0.15, 0.2) is 35.4 Å². The van der Waals surface area contributed by atoms with Crippen molar-refractivity contribution in [2.75, 3.05) is 6.61 Å². The molecule has 0 bridgehead atoms. The minimum absolute atomic E-state index is 0.339. The second-order valence-electron chi connectivity index (χ2n) is 2.90. The zero-order valence-corrected chi connectivity index (χ0v) is 8.86. The van der Waals surface area contributed by atoms with Crippen LogP contribution < -0.4 is 5.43 Å². The van der Waals surface area contributed by atoms with Crippen molar-refractivity contribution < 1.29 is 9.53 Å². The van der Waals surface area contributed by atoms with Crippen LogP contribution in [0.3, 0.4) is 0 Å². The van der Waals surface area contributed by atoms with E-state index in [0.29, 0.717) is 6.61 Å². The third kappa shape index (κ3) is 3.81. The highest BCUT2D eigenvalue weighted by atomic mass is 16.5. The van der Waals surface area contributed by atoms with Crippen molar-refractivity contribution in [2.45, 2.75) is 13.8 Å². The maximum absolute atomic E-state index is 10.9. The Bertz CT molecular complexity index is 347. The maximum Gasteiger partial charge on any atom is 0.427 e. The first-order valence-corrected chi connectivity index (χ1v) is 4.76. The number of rotatable bonds is 3. The minimum atomic E-state index is -0.534. The molecule has 0 spiro atoms.